The fraction of sp³-hybridized carbons (Fsp3) is 0.111. The number of nitrogens with one attached hydrogen (secondary N) is 1. The Kier molecular flexibility index (Phi) is 5.71. The molecular formula is C18H15BrN2OS2. The molecule has 0 saturated carbocycles. The van der Waals surface area contributed by atoms with E-state index in [9.17, 15) is 4.79 Å². The zero-order valence-electron chi connectivity index (χ0n) is 13.0. The van der Waals surface area contributed by atoms with Gasteiger partial charge in [-0.3, -0.25) is 9.78 Å². The van der Waals surface area contributed by atoms with Crippen LogP contribution in [0.1, 0.15) is 20.8 Å². The summed E-state index contributed by atoms with van der Waals surface area (Å²) in [6.45, 7) is 2.00. The number of hydrogen-bond donors (Lipinski definition) is 1. The van der Waals surface area contributed by atoms with Crippen LogP contribution in [-0.2, 0) is 5.75 Å². The first-order valence-electron chi connectivity index (χ1n) is 7.31. The van der Waals surface area contributed by atoms with Crippen molar-refractivity contribution in [2.75, 3.05) is 5.32 Å². The van der Waals surface area contributed by atoms with Crippen LogP contribution in [0.15, 0.2) is 63.5 Å². The number of pyridine rings is 1. The molecule has 0 fully saturated rings. The number of carbonyl (C=O) groups excluding carboxylic acids is 1. The lowest BCUT2D eigenvalue weighted by molar-refractivity contribution is 0.103. The van der Waals surface area contributed by atoms with E-state index in [1.807, 2.05) is 49.4 Å². The first kappa shape index (κ1) is 17.2. The van der Waals surface area contributed by atoms with E-state index >= 15 is 0 Å². The number of anilines is 1. The second-order valence-corrected chi connectivity index (χ2v) is 8.39. The van der Waals surface area contributed by atoms with Crippen LogP contribution in [0.4, 0.5) is 5.69 Å². The van der Waals surface area contributed by atoms with E-state index in [1.165, 1.54) is 16.9 Å². The molecule has 2 heterocycles. The summed E-state index contributed by atoms with van der Waals surface area (Å²) in [5.74, 6) is 0.799. The summed E-state index contributed by atoms with van der Waals surface area (Å²) in [5.41, 5.74) is 3.12. The largest absolute Gasteiger partial charge is 0.321 e. The fourth-order valence-electron chi connectivity index (χ4n) is 2.07. The topological polar surface area (TPSA) is 42.0 Å². The molecule has 3 nitrogen and oxygen atoms in total. The van der Waals surface area contributed by atoms with Crippen LogP contribution in [0.3, 0.4) is 0 Å². The van der Waals surface area contributed by atoms with Crippen molar-refractivity contribution in [3.8, 4) is 0 Å². The van der Waals surface area contributed by atoms with E-state index in [4.69, 9.17) is 0 Å². The third-order valence-electron chi connectivity index (χ3n) is 3.35. The lowest BCUT2D eigenvalue weighted by Gasteiger charge is -2.05. The molecule has 2 aromatic heterocycles. The van der Waals surface area contributed by atoms with Gasteiger partial charge in [-0.05, 0) is 60.5 Å². The van der Waals surface area contributed by atoms with Crippen molar-refractivity contribution in [2.45, 2.75) is 16.9 Å². The van der Waals surface area contributed by atoms with Gasteiger partial charge in [0.25, 0.3) is 5.91 Å². The zero-order valence-corrected chi connectivity index (χ0v) is 16.2. The first-order chi connectivity index (χ1) is 11.6. The van der Waals surface area contributed by atoms with Gasteiger partial charge in [0.1, 0.15) is 0 Å². The summed E-state index contributed by atoms with van der Waals surface area (Å²) in [6, 6.07) is 13.7. The van der Waals surface area contributed by atoms with Crippen LogP contribution < -0.4 is 5.32 Å². The quantitative estimate of drug-likeness (QED) is 0.535. The van der Waals surface area contributed by atoms with Crippen LogP contribution in [0, 0.1) is 6.92 Å². The molecule has 3 rings (SSSR count). The van der Waals surface area contributed by atoms with Crippen molar-refractivity contribution in [2.24, 2.45) is 0 Å². The van der Waals surface area contributed by atoms with Gasteiger partial charge in [-0.25, -0.2) is 0 Å². The molecule has 1 aromatic carbocycles. The van der Waals surface area contributed by atoms with Gasteiger partial charge in [0.05, 0.1) is 9.09 Å². The molecule has 0 aliphatic carbocycles. The Balaban J connectivity index is 1.62. The fourth-order valence-corrected chi connectivity index (χ4v) is 4.30. The van der Waals surface area contributed by atoms with Gasteiger partial charge in [-0.15, -0.1) is 23.1 Å². The summed E-state index contributed by atoms with van der Waals surface area (Å²) in [5, 5.41) is 2.95. The predicted molar refractivity (Wildman–Crippen MR) is 105 cm³/mol. The summed E-state index contributed by atoms with van der Waals surface area (Å²) in [7, 11) is 0. The Hall–Kier alpha value is -1.63. The third-order valence-corrected chi connectivity index (χ3v) is 6.62. The second kappa shape index (κ2) is 7.96. The molecule has 0 radical (unpaired) electrons. The molecule has 3 aromatic rings. The molecule has 24 heavy (non-hydrogen) atoms. The Morgan fingerprint density at radius 3 is 2.75 bits per heavy atom. The molecule has 122 valence electrons. The monoisotopic (exact) mass is 418 g/mol. The molecule has 0 aliphatic rings. The van der Waals surface area contributed by atoms with Crippen molar-refractivity contribution in [3.63, 3.8) is 0 Å². The van der Waals surface area contributed by atoms with Crippen molar-refractivity contribution in [3.05, 3.63) is 75.3 Å². The molecule has 0 atom stereocenters. The highest BCUT2D eigenvalue weighted by molar-refractivity contribution is 9.10. The normalized spacial score (nSPS) is 10.6. The van der Waals surface area contributed by atoms with E-state index < -0.39 is 0 Å². The van der Waals surface area contributed by atoms with Crippen LogP contribution in [0.5, 0.6) is 0 Å². The van der Waals surface area contributed by atoms with Gasteiger partial charge in [-0.2, -0.15) is 0 Å². The lowest BCUT2D eigenvalue weighted by Crippen LogP contribution is -2.10. The molecule has 6 heteroatoms. The predicted octanol–water partition coefficient (Wildman–Crippen LogP) is 5.76. The summed E-state index contributed by atoms with van der Waals surface area (Å²) in [6.07, 6.45) is 3.59. The highest BCUT2D eigenvalue weighted by Crippen LogP contribution is 2.30. The van der Waals surface area contributed by atoms with Crippen molar-refractivity contribution in [1.82, 2.24) is 4.98 Å². The highest BCUT2D eigenvalue weighted by atomic mass is 79.9. The van der Waals surface area contributed by atoms with E-state index in [0.717, 1.165) is 25.7 Å². The molecule has 0 bridgehead atoms. The van der Waals surface area contributed by atoms with E-state index in [2.05, 4.69) is 26.2 Å². The Morgan fingerprint density at radius 1 is 1.21 bits per heavy atom. The first-order valence-corrected chi connectivity index (χ1v) is 9.90. The summed E-state index contributed by atoms with van der Waals surface area (Å²) < 4.78 is 2.16. The average molecular weight is 419 g/mol. The molecule has 0 unspecified atom stereocenters. The minimum absolute atomic E-state index is 0.0718. The Labute approximate surface area is 157 Å². The summed E-state index contributed by atoms with van der Waals surface area (Å²) in [4.78, 5) is 17.1. The number of aromatic nitrogens is 1. The molecule has 1 amide bonds. The average Bonchev–Trinajstić information content (AvgIpc) is 3.06. The number of carbonyl (C=O) groups is 1. The van der Waals surface area contributed by atoms with Crippen molar-refractivity contribution in [1.29, 1.82) is 0 Å². The minimum Gasteiger partial charge on any atom is -0.321 e. The number of aryl methyl sites for hydroxylation is 1. The number of halogens is 1. The van der Waals surface area contributed by atoms with Gasteiger partial charge in [0.2, 0.25) is 0 Å². The molecule has 0 aliphatic heterocycles. The maximum Gasteiger partial charge on any atom is 0.265 e. The number of nitrogens with zero attached hydrogens (tertiary/aromatic N) is 1. The molecule has 0 saturated heterocycles. The van der Waals surface area contributed by atoms with Gasteiger partial charge in [-0.1, -0.05) is 15.9 Å². The standard InChI is InChI=1S/C18H15BrN2OS2/c1-12-10-14(2-3-15(12)19)21-18(22)16-4-5-17(24-16)23-11-13-6-8-20-9-7-13/h2-10H,11H2,1H3,(H,21,22). The minimum atomic E-state index is -0.0718. The van der Waals surface area contributed by atoms with E-state index in [1.54, 1.807) is 24.2 Å². The van der Waals surface area contributed by atoms with Crippen molar-refractivity contribution < 1.29 is 4.79 Å². The Morgan fingerprint density at radius 2 is 2.00 bits per heavy atom. The zero-order chi connectivity index (χ0) is 16.9. The molecular weight excluding hydrogens is 404 g/mol. The van der Waals surface area contributed by atoms with Crippen molar-refractivity contribution >= 4 is 50.6 Å². The summed E-state index contributed by atoms with van der Waals surface area (Å²) >= 11 is 6.70. The smallest absolute Gasteiger partial charge is 0.265 e. The van der Waals surface area contributed by atoms with Gasteiger partial charge < -0.3 is 5.32 Å². The lowest BCUT2D eigenvalue weighted by atomic mass is 10.2. The van der Waals surface area contributed by atoms with E-state index in [0.29, 0.717) is 4.88 Å². The SMILES string of the molecule is Cc1cc(NC(=O)c2ccc(SCc3ccncc3)s2)ccc1Br. The van der Waals surface area contributed by atoms with Crippen LogP contribution in [0.2, 0.25) is 0 Å². The number of rotatable bonds is 5. The number of thioether (sulfide) groups is 1. The van der Waals surface area contributed by atoms with Gasteiger partial charge in [0.15, 0.2) is 0 Å². The van der Waals surface area contributed by atoms with Gasteiger partial charge in [0, 0.05) is 28.3 Å². The number of amides is 1. The maximum absolute atomic E-state index is 12.4. The Bertz CT molecular complexity index is 849. The maximum atomic E-state index is 12.4. The van der Waals surface area contributed by atoms with E-state index in [-0.39, 0.29) is 5.91 Å². The molecule has 0 spiro atoms. The number of hydrogen-bond acceptors (Lipinski definition) is 4. The molecule has 1 N–H and O–H groups in total. The highest BCUT2D eigenvalue weighted by Gasteiger charge is 2.10. The second-order valence-electron chi connectivity index (χ2n) is 5.18. The van der Waals surface area contributed by atoms with Gasteiger partial charge >= 0.3 is 0 Å². The number of thiophene rings is 1. The van der Waals surface area contributed by atoms with Crippen LogP contribution in [-0.4, -0.2) is 10.9 Å². The van der Waals surface area contributed by atoms with Crippen LogP contribution >= 0.6 is 39.0 Å². The third kappa shape index (κ3) is 4.47. The number of benzene rings is 1. The van der Waals surface area contributed by atoms with Crippen LogP contribution in [0.25, 0.3) is 0 Å².